The molecular formula is C12H11F2N3O3. The smallest absolute Gasteiger partial charge is 0.277 e. The van der Waals surface area contributed by atoms with E-state index >= 15 is 0 Å². The SMILES string of the molecule is O=[N+]([O-])c1ccc(NCC(O)C(F)F)c2cnccc12. The lowest BCUT2D eigenvalue weighted by atomic mass is 10.1. The average molecular weight is 283 g/mol. The maximum absolute atomic E-state index is 12.2. The van der Waals surface area contributed by atoms with Gasteiger partial charge in [-0.25, -0.2) is 8.78 Å². The summed E-state index contributed by atoms with van der Waals surface area (Å²) < 4.78 is 24.4. The Morgan fingerprint density at radius 3 is 2.75 bits per heavy atom. The van der Waals surface area contributed by atoms with Crippen molar-refractivity contribution in [1.82, 2.24) is 4.98 Å². The van der Waals surface area contributed by atoms with Gasteiger partial charge in [-0.15, -0.1) is 0 Å². The van der Waals surface area contributed by atoms with Gasteiger partial charge in [-0.05, 0) is 12.1 Å². The Kier molecular flexibility index (Phi) is 4.04. The molecule has 1 heterocycles. The van der Waals surface area contributed by atoms with Crippen molar-refractivity contribution in [3.8, 4) is 0 Å². The molecule has 0 aliphatic rings. The summed E-state index contributed by atoms with van der Waals surface area (Å²) in [6, 6.07) is 4.15. The van der Waals surface area contributed by atoms with Crippen LogP contribution in [0.3, 0.4) is 0 Å². The first-order valence-electron chi connectivity index (χ1n) is 5.72. The number of aliphatic hydroxyl groups excluding tert-OH is 1. The Morgan fingerprint density at radius 2 is 2.10 bits per heavy atom. The van der Waals surface area contributed by atoms with Crippen LogP contribution < -0.4 is 5.32 Å². The van der Waals surface area contributed by atoms with Crippen LogP contribution in [0.2, 0.25) is 0 Å². The van der Waals surface area contributed by atoms with Crippen molar-refractivity contribution in [2.75, 3.05) is 11.9 Å². The zero-order chi connectivity index (χ0) is 14.7. The zero-order valence-corrected chi connectivity index (χ0v) is 10.2. The van der Waals surface area contributed by atoms with Crippen molar-refractivity contribution < 1.29 is 18.8 Å². The van der Waals surface area contributed by atoms with Crippen molar-refractivity contribution in [3.63, 3.8) is 0 Å². The monoisotopic (exact) mass is 283 g/mol. The largest absolute Gasteiger partial charge is 0.385 e. The van der Waals surface area contributed by atoms with Crippen molar-refractivity contribution in [3.05, 3.63) is 40.7 Å². The first kappa shape index (κ1) is 14.1. The molecule has 2 rings (SSSR count). The van der Waals surface area contributed by atoms with Gasteiger partial charge < -0.3 is 10.4 Å². The highest BCUT2D eigenvalue weighted by atomic mass is 19.3. The summed E-state index contributed by atoms with van der Waals surface area (Å²) in [5.74, 6) is 0. The summed E-state index contributed by atoms with van der Waals surface area (Å²) in [5, 5.41) is 23.4. The molecule has 20 heavy (non-hydrogen) atoms. The van der Waals surface area contributed by atoms with E-state index in [2.05, 4.69) is 10.3 Å². The molecule has 0 fully saturated rings. The van der Waals surface area contributed by atoms with Crippen LogP contribution in [0.5, 0.6) is 0 Å². The standard InChI is InChI=1S/C12H11F2N3O3/c13-12(14)11(18)6-16-9-1-2-10(17(19)20)7-3-4-15-5-8(7)9/h1-5,11-12,16,18H,6H2. The molecule has 0 amide bonds. The number of pyridine rings is 1. The van der Waals surface area contributed by atoms with Crippen LogP contribution in [-0.2, 0) is 0 Å². The number of nitro benzene ring substituents is 1. The van der Waals surface area contributed by atoms with Crippen LogP contribution >= 0.6 is 0 Å². The quantitative estimate of drug-likeness (QED) is 0.648. The first-order valence-corrected chi connectivity index (χ1v) is 5.72. The maximum atomic E-state index is 12.2. The van der Waals surface area contributed by atoms with Gasteiger partial charge in [0.1, 0.15) is 6.10 Å². The van der Waals surface area contributed by atoms with Gasteiger partial charge in [0.15, 0.2) is 0 Å². The van der Waals surface area contributed by atoms with E-state index in [0.29, 0.717) is 16.5 Å². The second-order valence-corrected chi connectivity index (χ2v) is 4.09. The molecule has 0 saturated heterocycles. The van der Waals surface area contributed by atoms with Gasteiger partial charge >= 0.3 is 0 Å². The van der Waals surface area contributed by atoms with E-state index in [-0.39, 0.29) is 12.2 Å². The van der Waals surface area contributed by atoms with Gasteiger partial charge in [0.05, 0.1) is 10.3 Å². The molecule has 1 aromatic carbocycles. The normalized spacial score (nSPS) is 12.6. The van der Waals surface area contributed by atoms with Crippen LogP contribution in [0.1, 0.15) is 0 Å². The molecule has 0 bridgehead atoms. The lowest BCUT2D eigenvalue weighted by molar-refractivity contribution is -0.383. The van der Waals surface area contributed by atoms with Crippen LogP contribution in [0.25, 0.3) is 10.8 Å². The van der Waals surface area contributed by atoms with Crippen LogP contribution in [0, 0.1) is 10.1 Å². The molecule has 2 N–H and O–H groups in total. The minimum Gasteiger partial charge on any atom is -0.385 e. The number of fused-ring (bicyclic) bond motifs is 1. The minimum absolute atomic E-state index is 0.0950. The molecule has 0 aliphatic carbocycles. The van der Waals surface area contributed by atoms with E-state index in [1.54, 1.807) is 0 Å². The molecule has 1 aromatic heterocycles. The minimum atomic E-state index is -2.86. The Labute approximate surface area is 112 Å². The van der Waals surface area contributed by atoms with E-state index < -0.39 is 17.5 Å². The van der Waals surface area contributed by atoms with Crippen LogP contribution in [0.15, 0.2) is 30.6 Å². The number of aromatic nitrogens is 1. The molecular weight excluding hydrogens is 272 g/mol. The van der Waals surface area contributed by atoms with Gasteiger partial charge in [-0.3, -0.25) is 15.1 Å². The summed E-state index contributed by atoms with van der Waals surface area (Å²) in [7, 11) is 0. The fraction of sp³-hybridized carbons (Fsp3) is 0.250. The van der Waals surface area contributed by atoms with E-state index in [4.69, 9.17) is 5.11 Å². The Bertz CT molecular complexity index is 636. The van der Waals surface area contributed by atoms with E-state index in [1.165, 1.54) is 30.6 Å². The van der Waals surface area contributed by atoms with Gasteiger partial charge in [-0.1, -0.05) is 0 Å². The van der Waals surface area contributed by atoms with Crippen molar-refractivity contribution in [2.24, 2.45) is 0 Å². The molecule has 2 aromatic rings. The molecule has 6 nitrogen and oxygen atoms in total. The summed E-state index contributed by atoms with van der Waals surface area (Å²) >= 11 is 0. The predicted molar refractivity (Wildman–Crippen MR) is 68.9 cm³/mol. The van der Waals surface area contributed by atoms with Crippen molar-refractivity contribution >= 4 is 22.1 Å². The second kappa shape index (κ2) is 5.74. The number of non-ortho nitro benzene ring substituents is 1. The average Bonchev–Trinajstić information content (AvgIpc) is 2.43. The van der Waals surface area contributed by atoms with Gasteiger partial charge in [0.25, 0.3) is 12.1 Å². The highest BCUT2D eigenvalue weighted by molar-refractivity contribution is 5.99. The summed E-state index contributed by atoms with van der Waals surface area (Å²) in [4.78, 5) is 14.2. The van der Waals surface area contributed by atoms with E-state index in [9.17, 15) is 18.9 Å². The Hall–Kier alpha value is -2.35. The second-order valence-electron chi connectivity index (χ2n) is 4.09. The number of rotatable bonds is 5. The molecule has 1 unspecified atom stereocenters. The molecule has 0 saturated carbocycles. The van der Waals surface area contributed by atoms with Crippen molar-refractivity contribution in [2.45, 2.75) is 12.5 Å². The maximum Gasteiger partial charge on any atom is 0.277 e. The van der Waals surface area contributed by atoms with Gasteiger partial charge in [0.2, 0.25) is 0 Å². The molecule has 1 atom stereocenters. The van der Waals surface area contributed by atoms with E-state index in [0.717, 1.165) is 0 Å². The number of halogens is 2. The lowest BCUT2D eigenvalue weighted by Gasteiger charge is -2.13. The highest BCUT2D eigenvalue weighted by Crippen LogP contribution is 2.30. The number of alkyl halides is 2. The number of hydrogen-bond acceptors (Lipinski definition) is 5. The third kappa shape index (κ3) is 2.80. The number of nitro groups is 1. The Morgan fingerprint density at radius 1 is 1.35 bits per heavy atom. The number of nitrogens with zero attached hydrogens (tertiary/aromatic N) is 2. The van der Waals surface area contributed by atoms with Crippen molar-refractivity contribution in [1.29, 1.82) is 0 Å². The summed E-state index contributed by atoms with van der Waals surface area (Å²) in [5.41, 5.74) is 0.306. The first-order chi connectivity index (χ1) is 9.50. The zero-order valence-electron chi connectivity index (χ0n) is 10.2. The number of nitrogens with one attached hydrogen (secondary N) is 1. The Balaban J connectivity index is 2.36. The third-order valence-electron chi connectivity index (χ3n) is 2.78. The molecule has 0 spiro atoms. The lowest BCUT2D eigenvalue weighted by Crippen LogP contribution is -2.26. The topological polar surface area (TPSA) is 88.3 Å². The number of anilines is 1. The van der Waals surface area contributed by atoms with Gasteiger partial charge in [-0.2, -0.15) is 0 Å². The summed E-state index contributed by atoms with van der Waals surface area (Å²) in [6.45, 7) is -0.362. The van der Waals surface area contributed by atoms with Crippen LogP contribution in [0.4, 0.5) is 20.2 Å². The predicted octanol–water partition coefficient (Wildman–Crippen LogP) is 2.18. The van der Waals surface area contributed by atoms with E-state index in [1.807, 2.05) is 0 Å². The fourth-order valence-corrected chi connectivity index (χ4v) is 1.79. The summed E-state index contributed by atoms with van der Waals surface area (Å²) in [6.07, 6.45) is -1.85. The number of aliphatic hydroxyl groups is 1. The third-order valence-corrected chi connectivity index (χ3v) is 2.78. The highest BCUT2D eigenvalue weighted by Gasteiger charge is 2.18. The molecule has 0 aliphatic heterocycles. The number of hydrogen-bond donors (Lipinski definition) is 2. The molecule has 0 radical (unpaired) electrons. The number of benzene rings is 1. The molecule has 106 valence electrons. The van der Waals surface area contributed by atoms with Crippen LogP contribution in [-0.4, -0.2) is 34.1 Å². The van der Waals surface area contributed by atoms with Gasteiger partial charge in [0, 0.05) is 36.1 Å². The fourth-order valence-electron chi connectivity index (χ4n) is 1.79. The molecule has 8 heteroatoms.